The highest BCUT2D eigenvalue weighted by Gasteiger charge is 2.34. The number of amides is 2. The number of nitrogens with one attached hydrogen (secondary N) is 1. The largest absolute Gasteiger partial charge is 0.497 e. The van der Waals surface area contributed by atoms with Crippen LogP contribution in [0.1, 0.15) is 66.2 Å². The van der Waals surface area contributed by atoms with Crippen molar-refractivity contribution in [3.63, 3.8) is 0 Å². The molecule has 1 aliphatic heterocycles. The van der Waals surface area contributed by atoms with Gasteiger partial charge in [0.25, 0.3) is 11.8 Å². The molecule has 1 aliphatic carbocycles. The van der Waals surface area contributed by atoms with Gasteiger partial charge in [0.15, 0.2) is 0 Å². The maximum Gasteiger partial charge on any atom is 0.257 e. The molecule has 4 rings (SSSR count). The number of hydrogen-bond acceptors (Lipinski definition) is 4. The van der Waals surface area contributed by atoms with E-state index in [4.69, 9.17) is 9.47 Å². The van der Waals surface area contributed by atoms with Gasteiger partial charge < -0.3 is 19.7 Å². The first-order chi connectivity index (χ1) is 16.1. The molecule has 6 nitrogen and oxygen atoms in total. The number of anilines is 1. The molecular weight excluding hydrogens is 416 g/mol. The monoisotopic (exact) mass is 450 g/mol. The molecule has 1 saturated heterocycles. The van der Waals surface area contributed by atoms with Crippen LogP contribution >= 0.6 is 0 Å². The molecule has 2 atom stereocenters. The van der Waals surface area contributed by atoms with Crippen LogP contribution < -0.4 is 14.8 Å². The van der Waals surface area contributed by atoms with Crippen molar-refractivity contribution in [1.29, 1.82) is 0 Å². The number of nitrogens with zero attached hydrogens (tertiary/aromatic N) is 1. The van der Waals surface area contributed by atoms with Crippen molar-refractivity contribution in [3.8, 4) is 11.5 Å². The van der Waals surface area contributed by atoms with Crippen LogP contribution in [0.3, 0.4) is 0 Å². The lowest BCUT2D eigenvalue weighted by molar-refractivity contribution is 0.0517. The van der Waals surface area contributed by atoms with Crippen molar-refractivity contribution in [2.75, 3.05) is 32.1 Å². The first-order valence-corrected chi connectivity index (χ1v) is 12.1. The van der Waals surface area contributed by atoms with Crippen LogP contribution in [0.15, 0.2) is 42.5 Å². The van der Waals surface area contributed by atoms with E-state index in [2.05, 4.69) is 5.32 Å². The second-order valence-electron chi connectivity index (χ2n) is 9.09. The van der Waals surface area contributed by atoms with Gasteiger partial charge in [0.05, 0.1) is 19.3 Å². The maximum absolute atomic E-state index is 13.4. The zero-order valence-electron chi connectivity index (χ0n) is 19.6. The fourth-order valence-corrected chi connectivity index (χ4v) is 5.01. The van der Waals surface area contributed by atoms with Crippen LogP contribution in [0.4, 0.5) is 5.69 Å². The molecule has 0 radical (unpaired) electrons. The van der Waals surface area contributed by atoms with Crippen LogP contribution in [-0.2, 0) is 0 Å². The van der Waals surface area contributed by atoms with Gasteiger partial charge in [-0.15, -0.1) is 0 Å². The molecule has 1 saturated carbocycles. The number of ether oxygens (including phenoxy) is 2. The molecular formula is C27H34N2O4. The van der Waals surface area contributed by atoms with Crippen molar-refractivity contribution in [2.45, 2.75) is 45.4 Å². The number of piperidine rings is 1. The van der Waals surface area contributed by atoms with Crippen LogP contribution in [0.25, 0.3) is 0 Å². The van der Waals surface area contributed by atoms with E-state index in [1.54, 1.807) is 49.6 Å². The summed E-state index contributed by atoms with van der Waals surface area (Å²) in [5, 5.41) is 2.91. The predicted octanol–water partition coefficient (Wildman–Crippen LogP) is 5.39. The third kappa shape index (κ3) is 5.49. The van der Waals surface area contributed by atoms with E-state index in [-0.39, 0.29) is 11.8 Å². The lowest BCUT2D eigenvalue weighted by Gasteiger charge is -2.41. The number of fused-ring (bicyclic) bond motifs is 1. The minimum absolute atomic E-state index is 0.0261. The fraction of sp³-hybridized carbons (Fsp3) is 0.481. The van der Waals surface area contributed by atoms with Gasteiger partial charge in [-0.2, -0.15) is 0 Å². The Balaban J connectivity index is 1.49. The van der Waals surface area contributed by atoms with Crippen LogP contribution in [0, 0.1) is 11.8 Å². The van der Waals surface area contributed by atoms with Gasteiger partial charge in [-0.05, 0) is 67.5 Å². The van der Waals surface area contributed by atoms with Gasteiger partial charge in [-0.25, -0.2) is 0 Å². The van der Waals surface area contributed by atoms with Crippen LogP contribution in [0.2, 0.25) is 0 Å². The summed E-state index contributed by atoms with van der Waals surface area (Å²) in [6, 6.07) is 12.3. The molecule has 2 aliphatic rings. The lowest BCUT2D eigenvalue weighted by Crippen LogP contribution is -2.44. The normalized spacial score (nSPS) is 20.0. The molecule has 0 bridgehead atoms. The molecule has 1 heterocycles. The summed E-state index contributed by atoms with van der Waals surface area (Å²) < 4.78 is 11.1. The first kappa shape index (κ1) is 23.1. The summed E-state index contributed by atoms with van der Waals surface area (Å²) in [5.74, 6) is 2.42. The second kappa shape index (κ2) is 10.7. The van der Waals surface area contributed by atoms with Crippen LogP contribution in [-0.4, -0.2) is 43.5 Å². The SMILES string of the molecule is CCCOc1cc(NC(=O)c2ccc(OC)cc2)ccc1C(=O)N1CC[C@H]2CCCC[C@H]2C1. The number of carbonyl (C=O) groups excluding carboxylic acids is 2. The summed E-state index contributed by atoms with van der Waals surface area (Å²) in [5.41, 5.74) is 1.70. The van der Waals surface area contributed by atoms with E-state index in [0.29, 0.717) is 40.8 Å². The molecule has 6 heteroatoms. The summed E-state index contributed by atoms with van der Waals surface area (Å²) in [6.45, 7) is 4.20. The van der Waals surface area contributed by atoms with Gasteiger partial charge in [0.1, 0.15) is 11.5 Å². The van der Waals surface area contributed by atoms with Gasteiger partial charge in [0, 0.05) is 30.4 Å². The van der Waals surface area contributed by atoms with Crippen molar-refractivity contribution >= 4 is 17.5 Å². The lowest BCUT2D eigenvalue weighted by atomic mass is 9.75. The van der Waals surface area contributed by atoms with E-state index in [9.17, 15) is 9.59 Å². The summed E-state index contributed by atoms with van der Waals surface area (Å²) >= 11 is 0. The highest BCUT2D eigenvalue weighted by Crippen LogP contribution is 2.37. The maximum atomic E-state index is 13.4. The quantitative estimate of drug-likeness (QED) is 0.614. The Morgan fingerprint density at radius 1 is 1.03 bits per heavy atom. The fourth-order valence-electron chi connectivity index (χ4n) is 5.01. The zero-order valence-corrected chi connectivity index (χ0v) is 19.6. The molecule has 0 aromatic heterocycles. The second-order valence-corrected chi connectivity index (χ2v) is 9.09. The highest BCUT2D eigenvalue weighted by molar-refractivity contribution is 6.05. The number of benzene rings is 2. The molecule has 1 N–H and O–H groups in total. The Morgan fingerprint density at radius 2 is 1.79 bits per heavy atom. The zero-order chi connectivity index (χ0) is 23.2. The number of hydrogen-bond donors (Lipinski definition) is 1. The molecule has 2 aromatic carbocycles. The Kier molecular flexibility index (Phi) is 7.53. The standard InChI is InChI=1S/C27H34N2O4/c1-3-16-33-25-17-22(28-26(30)20-8-11-23(32-2)12-9-20)10-13-24(25)27(31)29-15-14-19-6-4-5-7-21(19)18-29/h8-13,17,19,21H,3-7,14-16,18H2,1-2H3,(H,28,30)/t19-,21+/m1/s1. The van der Waals surface area contributed by atoms with Crippen molar-refractivity contribution in [2.24, 2.45) is 11.8 Å². The minimum atomic E-state index is -0.224. The third-order valence-corrected chi connectivity index (χ3v) is 6.86. The van der Waals surface area contributed by atoms with Crippen molar-refractivity contribution in [3.05, 3.63) is 53.6 Å². The molecule has 33 heavy (non-hydrogen) atoms. The number of rotatable bonds is 7. The molecule has 0 unspecified atom stereocenters. The van der Waals surface area contributed by atoms with Gasteiger partial charge in [0.2, 0.25) is 0 Å². The topological polar surface area (TPSA) is 67.9 Å². The summed E-state index contributed by atoms with van der Waals surface area (Å²) in [4.78, 5) is 28.1. The van der Waals surface area contributed by atoms with Crippen LogP contribution in [0.5, 0.6) is 11.5 Å². The molecule has 2 fully saturated rings. The summed E-state index contributed by atoms with van der Waals surface area (Å²) in [7, 11) is 1.59. The van der Waals surface area contributed by atoms with E-state index in [1.807, 2.05) is 11.8 Å². The highest BCUT2D eigenvalue weighted by atomic mass is 16.5. The predicted molar refractivity (Wildman–Crippen MR) is 129 cm³/mol. The molecule has 2 aromatic rings. The molecule has 2 amide bonds. The Hall–Kier alpha value is -3.02. The molecule has 176 valence electrons. The average molecular weight is 451 g/mol. The average Bonchev–Trinajstić information content (AvgIpc) is 2.87. The van der Waals surface area contributed by atoms with E-state index in [1.165, 1.54) is 25.7 Å². The van der Waals surface area contributed by atoms with E-state index < -0.39 is 0 Å². The van der Waals surface area contributed by atoms with E-state index >= 15 is 0 Å². The Morgan fingerprint density at radius 3 is 2.52 bits per heavy atom. The van der Waals surface area contributed by atoms with Gasteiger partial charge in [-0.1, -0.05) is 26.2 Å². The van der Waals surface area contributed by atoms with Crippen molar-refractivity contribution < 1.29 is 19.1 Å². The van der Waals surface area contributed by atoms with Gasteiger partial charge in [-0.3, -0.25) is 9.59 Å². The Labute approximate surface area is 196 Å². The first-order valence-electron chi connectivity index (χ1n) is 12.1. The van der Waals surface area contributed by atoms with Crippen molar-refractivity contribution in [1.82, 2.24) is 4.90 Å². The number of likely N-dealkylation sites (tertiary alicyclic amines) is 1. The Bertz CT molecular complexity index is 973. The molecule has 0 spiro atoms. The smallest absolute Gasteiger partial charge is 0.257 e. The number of carbonyl (C=O) groups is 2. The third-order valence-electron chi connectivity index (χ3n) is 6.86. The minimum Gasteiger partial charge on any atom is -0.497 e. The summed E-state index contributed by atoms with van der Waals surface area (Å²) in [6.07, 6.45) is 7.07. The number of methoxy groups -OCH3 is 1. The van der Waals surface area contributed by atoms with E-state index in [0.717, 1.165) is 31.8 Å². The van der Waals surface area contributed by atoms with Gasteiger partial charge >= 0.3 is 0 Å².